The Balaban J connectivity index is 1.67. The maximum absolute atomic E-state index is 12.6. The van der Waals surface area contributed by atoms with Gasteiger partial charge in [0.15, 0.2) is 0 Å². The smallest absolute Gasteiger partial charge is 0.294 e. The summed E-state index contributed by atoms with van der Waals surface area (Å²) in [5.41, 5.74) is 0.864. The van der Waals surface area contributed by atoms with Gasteiger partial charge >= 0.3 is 6.30 Å². The van der Waals surface area contributed by atoms with Gasteiger partial charge in [-0.1, -0.05) is 6.07 Å². The predicted molar refractivity (Wildman–Crippen MR) is 71.7 cm³/mol. The fourth-order valence-electron chi connectivity index (χ4n) is 2.42. The summed E-state index contributed by atoms with van der Waals surface area (Å²) in [6, 6.07) is 5.82. The molecule has 0 spiro atoms. The van der Waals surface area contributed by atoms with Crippen LogP contribution in [-0.4, -0.2) is 38.9 Å². The van der Waals surface area contributed by atoms with Gasteiger partial charge in [0.05, 0.1) is 5.03 Å². The van der Waals surface area contributed by atoms with Crippen LogP contribution >= 0.6 is 11.8 Å². The van der Waals surface area contributed by atoms with Gasteiger partial charge in [-0.25, -0.2) is 9.88 Å². The molecule has 1 aliphatic rings. The molecule has 0 radical (unpaired) electrons. The van der Waals surface area contributed by atoms with Gasteiger partial charge in [-0.05, 0) is 25.0 Å². The quantitative estimate of drug-likeness (QED) is 0.793. The normalized spacial score (nSPS) is 18.8. The van der Waals surface area contributed by atoms with E-state index in [0.717, 1.165) is 10.7 Å². The number of imidazole rings is 1. The Morgan fingerprint density at radius 3 is 2.65 bits per heavy atom. The third-order valence-electron chi connectivity index (χ3n) is 3.48. The van der Waals surface area contributed by atoms with Crippen LogP contribution in [0.1, 0.15) is 12.8 Å². The van der Waals surface area contributed by atoms with Crippen molar-refractivity contribution in [3.05, 3.63) is 30.6 Å². The van der Waals surface area contributed by atoms with E-state index in [4.69, 9.17) is 0 Å². The van der Waals surface area contributed by atoms with Crippen molar-refractivity contribution in [1.82, 2.24) is 14.3 Å². The molecule has 3 heterocycles. The number of pyridine rings is 1. The molecule has 2 aromatic rings. The minimum absolute atomic E-state index is 0.0844. The molecule has 0 aliphatic carbocycles. The average Bonchev–Trinajstić information content (AvgIpc) is 2.88. The molecule has 0 atom stereocenters. The molecule has 0 N–H and O–H groups in total. The molecule has 1 saturated heterocycles. The zero-order valence-corrected chi connectivity index (χ0v) is 11.5. The molecule has 1 fully saturated rings. The number of aromatic nitrogens is 2. The van der Waals surface area contributed by atoms with Crippen LogP contribution in [0, 0.1) is 0 Å². The highest BCUT2D eigenvalue weighted by Crippen LogP contribution is 2.33. The molecule has 0 aromatic carbocycles. The number of piperidine rings is 1. The first-order chi connectivity index (χ1) is 9.54. The van der Waals surface area contributed by atoms with Gasteiger partial charge in [-0.15, -0.1) is 11.8 Å². The molecule has 7 heteroatoms. The third kappa shape index (κ3) is 2.78. The molecule has 108 valence electrons. The average molecular weight is 301 g/mol. The second-order valence-electron chi connectivity index (χ2n) is 4.79. The molecule has 20 heavy (non-hydrogen) atoms. The predicted octanol–water partition coefficient (Wildman–Crippen LogP) is 3.41. The molecule has 0 saturated carbocycles. The van der Waals surface area contributed by atoms with E-state index in [1.165, 1.54) is 0 Å². The summed E-state index contributed by atoms with van der Waals surface area (Å²) in [7, 11) is 0. The SMILES string of the molecule is FC(F)(F)N1CCC(Sc2cccc3nccn23)CC1. The van der Waals surface area contributed by atoms with Crippen molar-refractivity contribution in [2.45, 2.75) is 29.4 Å². The van der Waals surface area contributed by atoms with E-state index in [1.54, 1.807) is 18.0 Å². The molecule has 2 aromatic heterocycles. The number of nitrogens with zero attached hydrogens (tertiary/aromatic N) is 3. The van der Waals surface area contributed by atoms with Crippen LogP contribution in [0.5, 0.6) is 0 Å². The van der Waals surface area contributed by atoms with Crippen LogP contribution in [0.2, 0.25) is 0 Å². The summed E-state index contributed by atoms with van der Waals surface area (Å²) in [4.78, 5) is 4.81. The van der Waals surface area contributed by atoms with Crippen molar-refractivity contribution in [2.75, 3.05) is 13.1 Å². The lowest BCUT2D eigenvalue weighted by Gasteiger charge is -2.32. The van der Waals surface area contributed by atoms with Crippen molar-refractivity contribution in [2.24, 2.45) is 0 Å². The molecule has 0 bridgehead atoms. The van der Waals surface area contributed by atoms with Crippen molar-refractivity contribution in [1.29, 1.82) is 0 Å². The fourth-order valence-corrected chi connectivity index (χ4v) is 3.63. The molecule has 0 amide bonds. The van der Waals surface area contributed by atoms with E-state index >= 15 is 0 Å². The van der Waals surface area contributed by atoms with Crippen LogP contribution < -0.4 is 0 Å². The Morgan fingerprint density at radius 2 is 1.95 bits per heavy atom. The second-order valence-corrected chi connectivity index (χ2v) is 6.11. The minimum atomic E-state index is -4.19. The van der Waals surface area contributed by atoms with E-state index in [2.05, 4.69) is 4.98 Å². The van der Waals surface area contributed by atoms with Crippen molar-refractivity contribution in [3.63, 3.8) is 0 Å². The first kappa shape index (κ1) is 13.8. The standard InChI is InChI=1S/C13H14F3N3S/c14-13(15,16)18-7-4-10(5-8-18)20-12-3-1-2-11-17-6-9-19(11)12/h1-3,6,9-10H,4-5,7-8H2. The molecule has 1 aliphatic heterocycles. The lowest BCUT2D eigenvalue weighted by atomic mass is 10.1. The van der Waals surface area contributed by atoms with Gasteiger partial charge in [0.2, 0.25) is 0 Å². The summed E-state index contributed by atoms with van der Waals surface area (Å²) < 4.78 is 39.7. The number of hydrogen-bond acceptors (Lipinski definition) is 3. The highest BCUT2D eigenvalue weighted by molar-refractivity contribution is 7.99. The number of likely N-dealkylation sites (tertiary alicyclic amines) is 1. The van der Waals surface area contributed by atoms with E-state index in [9.17, 15) is 13.2 Å². The Kier molecular flexibility index (Phi) is 3.64. The van der Waals surface area contributed by atoms with Crippen molar-refractivity contribution < 1.29 is 13.2 Å². The molecule has 0 unspecified atom stereocenters. The van der Waals surface area contributed by atoms with Crippen LogP contribution in [0.15, 0.2) is 35.6 Å². The van der Waals surface area contributed by atoms with E-state index in [1.807, 2.05) is 28.8 Å². The number of alkyl halides is 3. The topological polar surface area (TPSA) is 20.5 Å². The zero-order chi connectivity index (χ0) is 14.2. The number of halogens is 3. The Bertz CT molecular complexity index is 588. The Hall–Kier alpha value is -1.21. The van der Waals surface area contributed by atoms with Crippen molar-refractivity contribution in [3.8, 4) is 0 Å². The van der Waals surface area contributed by atoms with E-state index < -0.39 is 6.30 Å². The zero-order valence-electron chi connectivity index (χ0n) is 10.7. The van der Waals surface area contributed by atoms with Crippen LogP contribution in [0.3, 0.4) is 0 Å². The number of hydrogen-bond donors (Lipinski definition) is 0. The summed E-state index contributed by atoms with van der Waals surface area (Å²) in [6.45, 7) is 0.169. The lowest BCUT2D eigenvalue weighted by Crippen LogP contribution is -2.44. The fraction of sp³-hybridized carbons (Fsp3) is 0.462. The second kappa shape index (κ2) is 5.29. The van der Waals surface area contributed by atoms with Gasteiger partial charge in [0.1, 0.15) is 5.65 Å². The summed E-state index contributed by atoms with van der Waals surface area (Å²) in [5, 5.41) is 1.26. The van der Waals surface area contributed by atoms with Gasteiger partial charge < -0.3 is 0 Å². The minimum Gasteiger partial charge on any atom is -0.294 e. The molecule has 3 nitrogen and oxygen atoms in total. The van der Waals surface area contributed by atoms with Crippen LogP contribution in [0.4, 0.5) is 13.2 Å². The summed E-state index contributed by atoms with van der Waals surface area (Å²) in [6.07, 6.45) is 0.513. The van der Waals surface area contributed by atoms with E-state index in [-0.39, 0.29) is 18.3 Å². The maximum Gasteiger partial charge on any atom is 0.459 e. The highest BCUT2D eigenvalue weighted by Gasteiger charge is 2.39. The van der Waals surface area contributed by atoms with E-state index in [0.29, 0.717) is 17.7 Å². The van der Waals surface area contributed by atoms with Gasteiger partial charge in [0.25, 0.3) is 0 Å². The van der Waals surface area contributed by atoms with Crippen LogP contribution in [-0.2, 0) is 0 Å². The first-order valence-corrected chi connectivity index (χ1v) is 7.32. The third-order valence-corrected chi connectivity index (χ3v) is 4.86. The Morgan fingerprint density at radius 1 is 1.20 bits per heavy atom. The summed E-state index contributed by atoms with van der Waals surface area (Å²) >= 11 is 1.64. The largest absolute Gasteiger partial charge is 0.459 e. The molecular formula is C13H14F3N3S. The van der Waals surface area contributed by atoms with Crippen molar-refractivity contribution >= 4 is 17.4 Å². The van der Waals surface area contributed by atoms with Gasteiger partial charge in [-0.3, -0.25) is 4.40 Å². The lowest BCUT2D eigenvalue weighted by molar-refractivity contribution is -0.249. The molecule has 3 rings (SSSR count). The maximum atomic E-state index is 12.6. The number of rotatable bonds is 2. The van der Waals surface area contributed by atoms with Crippen LogP contribution in [0.25, 0.3) is 5.65 Å². The highest BCUT2D eigenvalue weighted by atomic mass is 32.2. The Labute approximate surface area is 118 Å². The summed E-state index contributed by atoms with van der Waals surface area (Å²) in [5.74, 6) is 0. The number of thioether (sulfide) groups is 1. The molecular weight excluding hydrogens is 287 g/mol. The monoisotopic (exact) mass is 301 g/mol. The van der Waals surface area contributed by atoms with Gasteiger partial charge in [-0.2, -0.15) is 13.2 Å². The number of fused-ring (bicyclic) bond motifs is 1. The first-order valence-electron chi connectivity index (χ1n) is 6.44. The van der Waals surface area contributed by atoms with Gasteiger partial charge in [0, 0.05) is 30.7 Å².